The average Bonchev–Trinajstić information content (AvgIpc) is 3.34. The lowest BCUT2D eigenvalue weighted by molar-refractivity contribution is -0.226. The standard InChI is InChI=1S/C32H41FN2O6/c1-29(2)40-27-11-22-21-7-5-19-10-24(35-20-6-8-23(33)17(9-20)15-36)18(14-34)12-30(19,3)28(21)25(38)13-31(22,4)32(27,41-29)26(39)16-37/h6,8-10,14,21-22,25,27-28,36-38H,5,7,11-13,15-16,34H2,1-4H3/t21-,22?,25-,27+,28?,30-,31-,32+/m0/s1. The van der Waals surface area contributed by atoms with Gasteiger partial charge < -0.3 is 30.5 Å². The number of hydrogen-bond acceptors (Lipinski definition) is 8. The minimum Gasteiger partial charge on any atom is -0.404 e. The van der Waals surface area contributed by atoms with Crippen molar-refractivity contribution >= 4 is 17.2 Å². The highest BCUT2D eigenvalue weighted by Gasteiger charge is 2.76. The summed E-state index contributed by atoms with van der Waals surface area (Å²) in [6.45, 7) is 6.80. The summed E-state index contributed by atoms with van der Waals surface area (Å²) in [5, 5.41) is 31.5. The van der Waals surface area contributed by atoms with Gasteiger partial charge in [-0.1, -0.05) is 19.4 Å². The van der Waals surface area contributed by atoms with Crippen molar-refractivity contribution < 1.29 is 34.0 Å². The topological polar surface area (TPSA) is 135 Å². The predicted octanol–water partition coefficient (Wildman–Crippen LogP) is 3.84. The number of carbonyl (C=O) groups excluding carboxylic acids is 1. The zero-order valence-electron chi connectivity index (χ0n) is 24.2. The molecule has 1 aromatic rings. The number of halogens is 1. The van der Waals surface area contributed by atoms with E-state index < -0.39 is 48.0 Å². The minimum atomic E-state index is -1.30. The molecule has 6 rings (SSSR count). The second kappa shape index (κ2) is 9.54. The highest BCUT2D eigenvalue weighted by Crippen LogP contribution is 2.70. The van der Waals surface area contributed by atoms with Crippen LogP contribution in [0.5, 0.6) is 0 Å². The highest BCUT2D eigenvalue weighted by molar-refractivity contribution is 6.11. The van der Waals surface area contributed by atoms with Crippen molar-refractivity contribution in [2.24, 2.45) is 39.3 Å². The first kappa shape index (κ1) is 28.7. The third-order valence-corrected chi connectivity index (χ3v) is 11.1. The van der Waals surface area contributed by atoms with Crippen LogP contribution in [-0.4, -0.2) is 57.0 Å². The van der Waals surface area contributed by atoms with Crippen LogP contribution < -0.4 is 5.73 Å². The highest BCUT2D eigenvalue weighted by atomic mass is 19.1. The summed E-state index contributed by atoms with van der Waals surface area (Å²) in [6, 6.07) is 4.42. The van der Waals surface area contributed by atoms with Crippen molar-refractivity contribution in [3.8, 4) is 0 Å². The average molecular weight is 569 g/mol. The predicted molar refractivity (Wildman–Crippen MR) is 150 cm³/mol. The van der Waals surface area contributed by atoms with Gasteiger partial charge in [0.1, 0.15) is 12.4 Å². The number of aliphatic imine (C=N–C) groups is 1. The Morgan fingerprint density at radius 1 is 1.24 bits per heavy atom. The number of ether oxygens (including phenoxy) is 2. The lowest BCUT2D eigenvalue weighted by atomic mass is 9.45. The Bertz CT molecular complexity index is 1370. The van der Waals surface area contributed by atoms with E-state index >= 15 is 0 Å². The van der Waals surface area contributed by atoms with Crippen LogP contribution in [0, 0.1) is 34.4 Å². The summed E-state index contributed by atoms with van der Waals surface area (Å²) in [7, 11) is 0. The normalized spacial score (nSPS) is 42.8. The van der Waals surface area contributed by atoms with Crippen molar-refractivity contribution in [3.63, 3.8) is 0 Å². The van der Waals surface area contributed by atoms with Crippen molar-refractivity contribution in [3.05, 3.63) is 53.0 Å². The molecule has 0 amide bonds. The maximum atomic E-state index is 14.0. The summed E-state index contributed by atoms with van der Waals surface area (Å²) in [5.74, 6) is -1.68. The van der Waals surface area contributed by atoms with E-state index in [1.165, 1.54) is 17.7 Å². The maximum Gasteiger partial charge on any atom is 0.193 e. The van der Waals surface area contributed by atoms with Gasteiger partial charge >= 0.3 is 0 Å². The van der Waals surface area contributed by atoms with Gasteiger partial charge in [0.15, 0.2) is 17.2 Å². The number of fused-ring (bicyclic) bond motifs is 7. The first-order chi connectivity index (χ1) is 19.3. The maximum absolute atomic E-state index is 14.0. The minimum absolute atomic E-state index is 0.0716. The first-order valence-electron chi connectivity index (χ1n) is 14.6. The second-order valence-corrected chi connectivity index (χ2v) is 13.6. The molecule has 8 atom stereocenters. The molecule has 0 aromatic heterocycles. The Hall–Kier alpha value is -2.43. The van der Waals surface area contributed by atoms with Crippen LogP contribution in [0.2, 0.25) is 0 Å². The molecule has 1 heterocycles. The molecule has 9 heteroatoms. The van der Waals surface area contributed by atoms with E-state index in [0.29, 0.717) is 30.7 Å². The van der Waals surface area contributed by atoms with Crippen LogP contribution in [0.1, 0.15) is 65.4 Å². The van der Waals surface area contributed by atoms with E-state index in [4.69, 9.17) is 20.2 Å². The molecule has 0 radical (unpaired) electrons. The van der Waals surface area contributed by atoms with Crippen LogP contribution in [0.3, 0.4) is 0 Å². The molecule has 5 N–H and O–H groups in total. The molecular weight excluding hydrogens is 527 g/mol. The number of nitrogens with zero attached hydrogens (tertiary/aromatic N) is 1. The van der Waals surface area contributed by atoms with Gasteiger partial charge in [0.2, 0.25) is 0 Å². The van der Waals surface area contributed by atoms with Gasteiger partial charge in [-0.05, 0) is 105 Å². The van der Waals surface area contributed by atoms with Crippen LogP contribution in [0.15, 0.2) is 46.6 Å². The summed E-state index contributed by atoms with van der Waals surface area (Å²) < 4.78 is 26.7. The molecule has 41 heavy (non-hydrogen) atoms. The molecule has 4 fully saturated rings. The van der Waals surface area contributed by atoms with Crippen LogP contribution in [0.25, 0.3) is 0 Å². The number of ketones is 1. The molecule has 3 saturated carbocycles. The lowest BCUT2D eigenvalue weighted by Crippen LogP contribution is -2.64. The second-order valence-electron chi connectivity index (χ2n) is 13.6. The quantitative estimate of drug-likeness (QED) is 0.434. The van der Waals surface area contributed by atoms with Gasteiger partial charge in [0, 0.05) is 11.0 Å². The van der Waals surface area contributed by atoms with Crippen molar-refractivity contribution in [2.45, 2.75) is 90.0 Å². The van der Waals surface area contributed by atoms with E-state index in [2.05, 4.69) is 13.0 Å². The number of aliphatic hydroxyl groups is 3. The van der Waals surface area contributed by atoms with Crippen molar-refractivity contribution in [1.82, 2.24) is 0 Å². The molecular formula is C32H41FN2O6. The Balaban J connectivity index is 1.38. The van der Waals surface area contributed by atoms with Gasteiger partial charge in [-0.3, -0.25) is 4.79 Å². The number of carbonyl (C=O) groups is 1. The molecule has 222 valence electrons. The van der Waals surface area contributed by atoms with E-state index in [0.717, 1.165) is 18.4 Å². The van der Waals surface area contributed by atoms with Gasteiger partial charge in [0.25, 0.3) is 0 Å². The van der Waals surface area contributed by atoms with Crippen LogP contribution in [-0.2, 0) is 20.9 Å². The fourth-order valence-corrected chi connectivity index (χ4v) is 9.54. The van der Waals surface area contributed by atoms with Gasteiger partial charge in [-0.25, -0.2) is 9.38 Å². The van der Waals surface area contributed by atoms with Crippen molar-refractivity contribution in [1.29, 1.82) is 0 Å². The summed E-state index contributed by atoms with van der Waals surface area (Å²) in [4.78, 5) is 18.2. The van der Waals surface area contributed by atoms with Crippen LogP contribution >= 0.6 is 0 Å². The summed E-state index contributed by atoms with van der Waals surface area (Å²) in [5.41, 5.74) is 7.24. The molecule has 1 saturated heterocycles. The first-order valence-corrected chi connectivity index (χ1v) is 14.6. The Morgan fingerprint density at radius 2 is 2.00 bits per heavy atom. The van der Waals surface area contributed by atoms with Gasteiger partial charge in [-0.15, -0.1) is 0 Å². The fourth-order valence-electron chi connectivity index (χ4n) is 9.54. The number of rotatable bonds is 4. The molecule has 4 aliphatic carbocycles. The molecule has 0 spiro atoms. The number of hydrogen-bond donors (Lipinski definition) is 4. The molecule has 2 unspecified atom stereocenters. The largest absolute Gasteiger partial charge is 0.404 e. The number of benzene rings is 1. The summed E-state index contributed by atoms with van der Waals surface area (Å²) in [6.07, 6.45) is 5.68. The van der Waals surface area contributed by atoms with E-state index in [9.17, 15) is 24.5 Å². The fraction of sp³-hybridized carbons (Fsp3) is 0.625. The van der Waals surface area contributed by atoms with Crippen molar-refractivity contribution in [2.75, 3.05) is 6.61 Å². The molecule has 0 bridgehead atoms. The number of Topliss-reactive ketones (excluding diaryl/α,β-unsaturated/α-hetero) is 1. The van der Waals surface area contributed by atoms with Gasteiger partial charge in [0.05, 0.1) is 30.2 Å². The Kier molecular flexibility index (Phi) is 6.67. The van der Waals surface area contributed by atoms with Gasteiger partial charge in [-0.2, -0.15) is 0 Å². The zero-order valence-corrected chi connectivity index (χ0v) is 24.2. The molecule has 8 nitrogen and oxygen atoms in total. The molecule has 5 aliphatic rings. The monoisotopic (exact) mass is 568 g/mol. The Labute approximate surface area is 240 Å². The third kappa shape index (κ3) is 3.96. The van der Waals surface area contributed by atoms with E-state index in [1.807, 2.05) is 6.92 Å². The third-order valence-electron chi connectivity index (χ3n) is 11.1. The number of allylic oxidation sites excluding steroid dienone is 3. The molecule has 1 aromatic carbocycles. The Morgan fingerprint density at radius 3 is 2.68 bits per heavy atom. The lowest BCUT2D eigenvalue weighted by Gasteiger charge is -2.61. The SMILES string of the molecule is CC1(C)O[C@@H]2CC3[C@@H]4CCC5=CC(=Nc6ccc(F)c(CO)c6)C(=CN)C[C@]5(C)C4[C@@H](O)C[C@]3(C)[C@]2(C(=O)CO)O1. The zero-order chi connectivity index (χ0) is 29.5. The van der Waals surface area contributed by atoms with E-state index in [-0.39, 0.29) is 34.5 Å². The molecule has 1 aliphatic heterocycles. The van der Waals surface area contributed by atoms with Crippen LogP contribution in [0.4, 0.5) is 10.1 Å². The number of nitrogens with two attached hydrogens (primary N) is 1. The summed E-state index contributed by atoms with van der Waals surface area (Å²) >= 11 is 0. The number of aliphatic hydroxyl groups excluding tert-OH is 3. The van der Waals surface area contributed by atoms with E-state index in [1.54, 1.807) is 26.1 Å². The smallest absolute Gasteiger partial charge is 0.193 e.